The molecule has 2 aromatic carbocycles. The molecule has 0 saturated heterocycles. The number of fused-ring (bicyclic) bond motifs is 1. The molecular formula is C30H38N4O2. The fraction of sp³-hybridized carbons (Fsp3) is 0.433. The summed E-state index contributed by atoms with van der Waals surface area (Å²) in [5.74, 6) is 0.0160. The molecule has 0 bridgehead atoms. The van der Waals surface area contributed by atoms with Crippen LogP contribution in [-0.4, -0.2) is 54.1 Å². The number of amides is 1. The number of aryl methyl sites for hydroxylation is 1. The molecule has 4 rings (SSSR count). The van der Waals surface area contributed by atoms with Crippen molar-refractivity contribution in [1.29, 1.82) is 0 Å². The lowest BCUT2D eigenvalue weighted by atomic mass is 10.0. The largest absolute Gasteiger partial charge is 0.375 e. The highest BCUT2D eigenvalue weighted by atomic mass is 16.5. The summed E-state index contributed by atoms with van der Waals surface area (Å²) < 4.78 is 5.24. The van der Waals surface area contributed by atoms with Crippen LogP contribution >= 0.6 is 0 Å². The van der Waals surface area contributed by atoms with Crippen molar-refractivity contribution in [2.45, 2.75) is 51.5 Å². The highest BCUT2D eigenvalue weighted by molar-refractivity contribution is 5.95. The van der Waals surface area contributed by atoms with E-state index in [2.05, 4.69) is 63.4 Å². The summed E-state index contributed by atoms with van der Waals surface area (Å²) in [6.45, 7) is 3.71. The molecule has 190 valence electrons. The van der Waals surface area contributed by atoms with Crippen molar-refractivity contribution < 1.29 is 9.53 Å². The normalized spacial score (nSPS) is 15.5. The summed E-state index contributed by atoms with van der Waals surface area (Å²) in [6.07, 6.45) is 13.2. The second-order valence-corrected chi connectivity index (χ2v) is 9.58. The van der Waals surface area contributed by atoms with E-state index in [1.54, 1.807) is 13.4 Å². The predicted molar refractivity (Wildman–Crippen MR) is 145 cm³/mol. The number of rotatable bonds is 7. The zero-order valence-electron chi connectivity index (χ0n) is 21.4. The maximum absolute atomic E-state index is 13.1. The van der Waals surface area contributed by atoms with Crippen molar-refractivity contribution in [3.05, 3.63) is 78.4 Å². The molecule has 1 aromatic heterocycles. The van der Waals surface area contributed by atoms with E-state index < -0.39 is 0 Å². The highest BCUT2D eigenvalue weighted by Gasteiger charge is 2.21. The first-order valence-corrected chi connectivity index (χ1v) is 13.2. The molecule has 6 nitrogen and oxygen atoms in total. The maximum atomic E-state index is 13.1. The van der Waals surface area contributed by atoms with Gasteiger partial charge in [0.05, 0.1) is 0 Å². The first-order chi connectivity index (χ1) is 17.7. The Hall–Kier alpha value is -3.09. The maximum Gasteiger partial charge on any atom is 0.252 e. The van der Waals surface area contributed by atoms with Gasteiger partial charge in [-0.25, -0.2) is 9.97 Å². The summed E-state index contributed by atoms with van der Waals surface area (Å²) in [6, 6.07) is 17.1. The number of hydrogen-bond acceptors (Lipinski definition) is 5. The van der Waals surface area contributed by atoms with E-state index >= 15 is 0 Å². The van der Waals surface area contributed by atoms with Crippen LogP contribution in [0.5, 0.6) is 0 Å². The smallest absolute Gasteiger partial charge is 0.252 e. The summed E-state index contributed by atoms with van der Waals surface area (Å²) >= 11 is 0. The van der Waals surface area contributed by atoms with Gasteiger partial charge < -0.3 is 9.64 Å². The Kier molecular flexibility index (Phi) is 10.0. The molecule has 0 fully saturated rings. The quantitative estimate of drug-likeness (QED) is 0.440. The number of benzene rings is 2. The van der Waals surface area contributed by atoms with Crippen molar-refractivity contribution in [3.63, 3.8) is 0 Å². The highest BCUT2D eigenvalue weighted by Crippen LogP contribution is 2.30. The minimum absolute atomic E-state index is 0.0160. The molecule has 0 N–H and O–H groups in total. The standard InChI is InChI=1S/C30H38N4O2/c1-36-23-30(35)34-18-9-4-2-3-8-16-33(17-10-13-25-11-6-5-7-12-25)22-27-19-26(14-15-29(27)34)28-20-31-24-32-21-28/h5-7,11-12,14-15,19-21,24H,2-4,8-10,13,16-18,22-23H2,1H3. The lowest BCUT2D eigenvalue weighted by Gasteiger charge is -2.30. The Morgan fingerprint density at radius 1 is 0.917 bits per heavy atom. The number of carbonyl (C=O) groups is 1. The van der Waals surface area contributed by atoms with Crippen LogP contribution in [0.4, 0.5) is 5.69 Å². The number of aromatic nitrogens is 2. The van der Waals surface area contributed by atoms with E-state index in [0.29, 0.717) is 0 Å². The van der Waals surface area contributed by atoms with Gasteiger partial charge in [-0.15, -0.1) is 0 Å². The molecular weight excluding hydrogens is 448 g/mol. The van der Waals surface area contributed by atoms with Gasteiger partial charge in [-0.1, -0.05) is 55.7 Å². The molecule has 0 spiro atoms. The topological polar surface area (TPSA) is 58.6 Å². The third kappa shape index (κ3) is 7.45. The Morgan fingerprint density at radius 3 is 2.44 bits per heavy atom. The third-order valence-electron chi connectivity index (χ3n) is 6.87. The summed E-state index contributed by atoms with van der Waals surface area (Å²) in [7, 11) is 1.59. The number of ether oxygens (including phenoxy) is 1. The molecule has 0 radical (unpaired) electrons. The Labute approximate surface area is 215 Å². The monoisotopic (exact) mass is 486 g/mol. The van der Waals surface area contributed by atoms with Crippen molar-refractivity contribution in [2.75, 3.05) is 38.3 Å². The van der Waals surface area contributed by atoms with E-state index in [1.165, 1.54) is 30.4 Å². The molecule has 1 aliphatic heterocycles. The number of carbonyl (C=O) groups excluding carboxylic acids is 1. The number of anilines is 1. The van der Waals surface area contributed by atoms with Crippen LogP contribution in [0.2, 0.25) is 0 Å². The minimum atomic E-state index is 0.0160. The van der Waals surface area contributed by atoms with Crippen LogP contribution < -0.4 is 4.90 Å². The third-order valence-corrected chi connectivity index (χ3v) is 6.87. The zero-order valence-corrected chi connectivity index (χ0v) is 21.4. The number of nitrogens with zero attached hydrogens (tertiary/aromatic N) is 4. The summed E-state index contributed by atoms with van der Waals surface area (Å²) in [5.41, 5.74) is 5.60. The van der Waals surface area contributed by atoms with Crippen LogP contribution in [0.1, 0.15) is 49.7 Å². The van der Waals surface area contributed by atoms with Crippen molar-refractivity contribution in [3.8, 4) is 11.1 Å². The van der Waals surface area contributed by atoms with Gasteiger partial charge in [0.15, 0.2) is 0 Å². The van der Waals surface area contributed by atoms with Crippen LogP contribution in [-0.2, 0) is 22.5 Å². The van der Waals surface area contributed by atoms with Gasteiger partial charge in [0.2, 0.25) is 0 Å². The Balaban J connectivity index is 1.63. The second kappa shape index (κ2) is 13.9. The molecule has 3 aromatic rings. The van der Waals surface area contributed by atoms with Gasteiger partial charge in [0.25, 0.3) is 5.91 Å². The molecule has 0 saturated carbocycles. The lowest BCUT2D eigenvalue weighted by molar-refractivity contribution is -0.122. The van der Waals surface area contributed by atoms with Crippen molar-refractivity contribution in [1.82, 2.24) is 14.9 Å². The van der Waals surface area contributed by atoms with Gasteiger partial charge in [-0.2, -0.15) is 0 Å². The van der Waals surface area contributed by atoms with Crippen LogP contribution in [0.15, 0.2) is 67.3 Å². The SMILES string of the molecule is COCC(=O)N1CCCCCCCN(CCCc2ccccc2)Cc2cc(-c3cncnc3)ccc21. The second-order valence-electron chi connectivity index (χ2n) is 9.58. The molecule has 2 heterocycles. The van der Waals surface area contributed by atoms with E-state index in [0.717, 1.165) is 68.7 Å². The molecule has 0 atom stereocenters. The van der Waals surface area contributed by atoms with Gasteiger partial charge in [0.1, 0.15) is 12.9 Å². The first kappa shape index (κ1) is 26.0. The van der Waals surface area contributed by atoms with E-state index in [-0.39, 0.29) is 12.5 Å². The average Bonchev–Trinajstić information content (AvgIpc) is 2.91. The predicted octanol–water partition coefficient (Wildman–Crippen LogP) is 5.52. The molecule has 6 heteroatoms. The van der Waals surface area contributed by atoms with Gasteiger partial charge >= 0.3 is 0 Å². The van der Waals surface area contributed by atoms with Crippen LogP contribution in [0.3, 0.4) is 0 Å². The number of methoxy groups -OCH3 is 1. The van der Waals surface area contributed by atoms with Gasteiger partial charge in [-0.3, -0.25) is 9.69 Å². The summed E-state index contributed by atoms with van der Waals surface area (Å²) in [5, 5.41) is 0. The number of hydrogen-bond donors (Lipinski definition) is 0. The fourth-order valence-corrected chi connectivity index (χ4v) is 4.98. The zero-order chi connectivity index (χ0) is 25.0. The lowest BCUT2D eigenvalue weighted by Crippen LogP contribution is -2.36. The Morgan fingerprint density at radius 2 is 1.67 bits per heavy atom. The van der Waals surface area contributed by atoms with E-state index in [4.69, 9.17) is 4.74 Å². The molecule has 0 aliphatic carbocycles. The molecule has 0 unspecified atom stereocenters. The molecule has 1 amide bonds. The van der Waals surface area contributed by atoms with E-state index in [1.807, 2.05) is 17.3 Å². The van der Waals surface area contributed by atoms with Crippen molar-refractivity contribution in [2.24, 2.45) is 0 Å². The van der Waals surface area contributed by atoms with E-state index in [9.17, 15) is 4.79 Å². The minimum Gasteiger partial charge on any atom is -0.375 e. The molecule has 1 aliphatic rings. The first-order valence-electron chi connectivity index (χ1n) is 13.2. The van der Waals surface area contributed by atoms with Crippen LogP contribution in [0, 0.1) is 0 Å². The van der Waals surface area contributed by atoms with Gasteiger partial charge in [-0.05, 0) is 67.6 Å². The van der Waals surface area contributed by atoms with Gasteiger partial charge in [0, 0.05) is 43.8 Å². The molecule has 36 heavy (non-hydrogen) atoms. The average molecular weight is 487 g/mol. The summed E-state index contributed by atoms with van der Waals surface area (Å²) in [4.78, 5) is 26.0. The van der Waals surface area contributed by atoms with Crippen LogP contribution in [0.25, 0.3) is 11.1 Å². The Bertz CT molecular complexity index is 1070. The van der Waals surface area contributed by atoms with Crippen molar-refractivity contribution >= 4 is 11.6 Å². The fourth-order valence-electron chi connectivity index (χ4n) is 4.98.